The second-order valence-corrected chi connectivity index (χ2v) is 4.66. The number of hydrogen-bond acceptors (Lipinski definition) is 1. The molecule has 90 valence electrons. The monoisotopic (exact) mass is 240 g/mol. The molecule has 16 heavy (non-hydrogen) atoms. The Morgan fingerprint density at radius 3 is 2.69 bits per heavy atom. The van der Waals surface area contributed by atoms with E-state index in [1.807, 2.05) is 12.1 Å². The van der Waals surface area contributed by atoms with Gasteiger partial charge in [-0.05, 0) is 36.0 Å². The molecular formula is C14H21ClO. The fourth-order valence-corrected chi connectivity index (χ4v) is 2.26. The molecule has 1 aromatic rings. The van der Waals surface area contributed by atoms with Gasteiger partial charge in [-0.1, -0.05) is 32.4 Å². The predicted octanol–water partition coefficient (Wildman–Crippen LogP) is 4.14. The van der Waals surface area contributed by atoms with Gasteiger partial charge in [0.15, 0.2) is 0 Å². The second kappa shape index (κ2) is 6.80. The van der Waals surface area contributed by atoms with Crippen molar-refractivity contribution >= 4 is 11.6 Å². The van der Waals surface area contributed by atoms with Crippen molar-refractivity contribution in [3.8, 4) is 5.75 Å². The van der Waals surface area contributed by atoms with E-state index >= 15 is 0 Å². The van der Waals surface area contributed by atoms with Gasteiger partial charge in [-0.25, -0.2) is 0 Å². The van der Waals surface area contributed by atoms with Crippen molar-refractivity contribution in [3.05, 3.63) is 29.8 Å². The van der Waals surface area contributed by atoms with Gasteiger partial charge < -0.3 is 4.74 Å². The Bertz CT molecular complexity index is 311. The minimum Gasteiger partial charge on any atom is -0.497 e. The maximum atomic E-state index is 6.03. The lowest BCUT2D eigenvalue weighted by Gasteiger charge is -2.20. The smallest absolute Gasteiger partial charge is 0.119 e. The Hall–Kier alpha value is -0.690. The summed E-state index contributed by atoms with van der Waals surface area (Å²) in [5, 5.41) is 0. The Kier molecular flexibility index (Phi) is 5.68. The van der Waals surface area contributed by atoms with E-state index in [-0.39, 0.29) is 0 Å². The van der Waals surface area contributed by atoms with E-state index in [1.165, 1.54) is 12.0 Å². The van der Waals surface area contributed by atoms with Crippen LogP contribution in [0.4, 0.5) is 0 Å². The van der Waals surface area contributed by atoms with Crippen LogP contribution in [-0.4, -0.2) is 13.0 Å². The van der Waals surface area contributed by atoms with Gasteiger partial charge in [0.05, 0.1) is 7.11 Å². The first-order valence-corrected chi connectivity index (χ1v) is 6.43. The third kappa shape index (κ3) is 3.71. The van der Waals surface area contributed by atoms with Gasteiger partial charge in [0.1, 0.15) is 5.75 Å². The van der Waals surface area contributed by atoms with Crippen molar-refractivity contribution < 1.29 is 4.74 Å². The van der Waals surface area contributed by atoms with Crippen molar-refractivity contribution in [1.82, 2.24) is 0 Å². The summed E-state index contributed by atoms with van der Waals surface area (Å²) < 4.78 is 5.22. The summed E-state index contributed by atoms with van der Waals surface area (Å²) in [5.41, 5.74) is 1.31. The minimum atomic E-state index is 0.554. The summed E-state index contributed by atoms with van der Waals surface area (Å²) >= 11 is 6.03. The van der Waals surface area contributed by atoms with E-state index in [0.717, 1.165) is 18.1 Å². The van der Waals surface area contributed by atoms with E-state index in [4.69, 9.17) is 16.3 Å². The highest BCUT2D eigenvalue weighted by Crippen LogP contribution is 2.23. The number of ether oxygens (including phenoxy) is 1. The fourth-order valence-electron chi connectivity index (χ4n) is 1.84. The number of hydrogen-bond donors (Lipinski definition) is 0. The van der Waals surface area contributed by atoms with E-state index in [2.05, 4.69) is 26.0 Å². The first-order chi connectivity index (χ1) is 7.71. The highest BCUT2D eigenvalue weighted by Gasteiger charge is 2.15. The van der Waals surface area contributed by atoms with Crippen LogP contribution in [0.15, 0.2) is 24.3 Å². The van der Waals surface area contributed by atoms with E-state index in [1.54, 1.807) is 7.11 Å². The molecule has 2 heteroatoms. The molecule has 0 bridgehead atoms. The number of halogens is 1. The average Bonchev–Trinajstić information content (AvgIpc) is 2.35. The molecule has 0 saturated heterocycles. The van der Waals surface area contributed by atoms with Crippen LogP contribution in [0, 0.1) is 11.8 Å². The maximum Gasteiger partial charge on any atom is 0.119 e. The lowest BCUT2D eigenvalue weighted by Crippen LogP contribution is -2.15. The summed E-state index contributed by atoms with van der Waals surface area (Å²) in [6, 6.07) is 8.25. The SMILES string of the molecule is CCC(C)C(CCl)Cc1cccc(OC)c1. The molecule has 0 aliphatic carbocycles. The average molecular weight is 241 g/mol. The van der Waals surface area contributed by atoms with Crippen LogP contribution in [0.25, 0.3) is 0 Å². The fraction of sp³-hybridized carbons (Fsp3) is 0.571. The topological polar surface area (TPSA) is 9.23 Å². The van der Waals surface area contributed by atoms with E-state index in [9.17, 15) is 0 Å². The number of rotatable bonds is 6. The van der Waals surface area contributed by atoms with Gasteiger partial charge in [0.2, 0.25) is 0 Å². The van der Waals surface area contributed by atoms with Crippen LogP contribution in [0.5, 0.6) is 5.75 Å². The summed E-state index contributed by atoms with van der Waals surface area (Å²) in [4.78, 5) is 0. The summed E-state index contributed by atoms with van der Waals surface area (Å²) in [6.07, 6.45) is 2.22. The number of benzene rings is 1. The highest BCUT2D eigenvalue weighted by molar-refractivity contribution is 6.18. The van der Waals surface area contributed by atoms with Crippen molar-refractivity contribution in [2.45, 2.75) is 26.7 Å². The Balaban J connectivity index is 2.69. The zero-order valence-electron chi connectivity index (χ0n) is 10.4. The van der Waals surface area contributed by atoms with Crippen molar-refractivity contribution in [2.75, 3.05) is 13.0 Å². The van der Waals surface area contributed by atoms with Crippen LogP contribution in [0.2, 0.25) is 0 Å². The van der Waals surface area contributed by atoms with Crippen molar-refractivity contribution in [2.24, 2.45) is 11.8 Å². The highest BCUT2D eigenvalue weighted by atomic mass is 35.5. The summed E-state index contributed by atoms with van der Waals surface area (Å²) in [7, 11) is 1.70. The first kappa shape index (κ1) is 13.4. The van der Waals surface area contributed by atoms with Gasteiger partial charge in [-0.2, -0.15) is 0 Å². The first-order valence-electron chi connectivity index (χ1n) is 5.90. The van der Waals surface area contributed by atoms with E-state index < -0.39 is 0 Å². The van der Waals surface area contributed by atoms with E-state index in [0.29, 0.717) is 11.8 Å². The molecule has 2 unspecified atom stereocenters. The molecule has 0 aliphatic rings. The third-order valence-electron chi connectivity index (χ3n) is 3.28. The van der Waals surface area contributed by atoms with Gasteiger partial charge in [-0.3, -0.25) is 0 Å². The van der Waals surface area contributed by atoms with Gasteiger partial charge in [0.25, 0.3) is 0 Å². The molecule has 2 atom stereocenters. The zero-order valence-corrected chi connectivity index (χ0v) is 11.1. The van der Waals surface area contributed by atoms with Gasteiger partial charge in [-0.15, -0.1) is 11.6 Å². The van der Waals surface area contributed by atoms with Gasteiger partial charge >= 0.3 is 0 Å². The zero-order chi connectivity index (χ0) is 12.0. The van der Waals surface area contributed by atoms with Crippen LogP contribution >= 0.6 is 11.6 Å². The molecule has 0 amide bonds. The predicted molar refractivity (Wildman–Crippen MR) is 70.4 cm³/mol. The molecule has 0 N–H and O–H groups in total. The number of methoxy groups -OCH3 is 1. The molecule has 0 aromatic heterocycles. The van der Waals surface area contributed by atoms with Crippen LogP contribution < -0.4 is 4.74 Å². The Morgan fingerprint density at radius 2 is 2.12 bits per heavy atom. The lowest BCUT2D eigenvalue weighted by atomic mass is 9.88. The molecule has 0 spiro atoms. The molecule has 1 nitrogen and oxygen atoms in total. The Labute approximate surface area is 104 Å². The van der Waals surface area contributed by atoms with Crippen LogP contribution in [0.3, 0.4) is 0 Å². The molecule has 0 radical (unpaired) electrons. The second-order valence-electron chi connectivity index (χ2n) is 4.36. The van der Waals surface area contributed by atoms with Gasteiger partial charge in [0, 0.05) is 5.88 Å². The molecule has 0 aliphatic heterocycles. The van der Waals surface area contributed by atoms with Crippen molar-refractivity contribution in [3.63, 3.8) is 0 Å². The molecular weight excluding hydrogens is 220 g/mol. The molecule has 1 aromatic carbocycles. The minimum absolute atomic E-state index is 0.554. The largest absolute Gasteiger partial charge is 0.497 e. The maximum absolute atomic E-state index is 6.03. The quantitative estimate of drug-likeness (QED) is 0.679. The molecule has 0 fully saturated rings. The molecule has 0 heterocycles. The van der Waals surface area contributed by atoms with Crippen molar-refractivity contribution in [1.29, 1.82) is 0 Å². The third-order valence-corrected chi connectivity index (χ3v) is 3.68. The van der Waals surface area contributed by atoms with Crippen LogP contribution in [0.1, 0.15) is 25.8 Å². The Morgan fingerprint density at radius 1 is 1.38 bits per heavy atom. The lowest BCUT2D eigenvalue weighted by molar-refractivity contribution is 0.377. The van der Waals surface area contributed by atoms with Crippen LogP contribution in [-0.2, 0) is 6.42 Å². The summed E-state index contributed by atoms with van der Waals surface area (Å²) in [5.74, 6) is 2.88. The molecule has 0 saturated carbocycles. The normalized spacial score (nSPS) is 14.5. The molecule has 1 rings (SSSR count). The number of alkyl halides is 1. The standard InChI is InChI=1S/C14H21ClO/c1-4-11(2)13(10-15)8-12-6-5-7-14(9-12)16-3/h5-7,9,11,13H,4,8,10H2,1-3H3. The summed E-state index contributed by atoms with van der Waals surface area (Å²) in [6.45, 7) is 4.49.